The summed E-state index contributed by atoms with van der Waals surface area (Å²) in [6, 6.07) is 11.9. The minimum Gasteiger partial charge on any atom is -0.481 e. The number of aryl methyl sites for hydroxylation is 1. The zero-order valence-electron chi connectivity index (χ0n) is 17.8. The maximum atomic E-state index is 14.0. The van der Waals surface area contributed by atoms with Gasteiger partial charge in [0, 0.05) is 40.8 Å². The molecule has 2 aromatic carbocycles. The lowest BCUT2D eigenvalue weighted by molar-refractivity contribution is -0.274. The van der Waals surface area contributed by atoms with E-state index < -0.39 is 18.8 Å². The number of benzene rings is 2. The van der Waals surface area contributed by atoms with Gasteiger partial charge in [-0.1, -0.05) is 6.07 Å². The van der Waals surface area contributed by atoms with Crippen molar-refractivity contribution >= 4 is 10.9 Å². The highest BCUT2D eigenvalue weighted by atomic mass is 19.4. The van der Waals surface area contributed by atoms with Crippen LogP contribution in [0.25, 0.3) is 22.0 Å². The Kier molecular flexibility index (Phi) is 5.99. The molecule has 0 aliphatic heterocycles. The highest BCUT2D eigenvalue weighted by Crippen LogP contribution is 2.38. The Morgan fingerprint density at radius 2 is 1.85 bits per heavy atom. The van der Waals surface area contributed by atoms with E-state index in [1.807, 2.05) is 6.07 Å². The fourth-order valence-corrected chi connectivity index (χ4v) is 3.99. The number of nitrogens with zero attached hydrogens (tertiary/aromatic N) is 2. The molecule has 9 heteroatoms. The topological polar surface area (TPSA) is 56.5 Å². The van der Waals surface area contributed by atoms with Crippen molar-refractivity contribution in [2.24, 2.45) is 0 Å². The predicted molar refractivity (Wildman–Crippen MR) is 115 cm³/mol. The van der Waals surface area contributed by atoms with E-state index in [2.05, 4.69) is 9.72 Å². The molecule has 0 aliphatic carbocycles. The van der Waals surface area contributed by atoms with Crippen LogP contribution < -0.4 is 9.47 Å². The Hall–Kier alpha value is -3.59. The molecule has 2 heterocycles. The van der Waals surface area contributed by atoms with Crippen LogP contribution in [0.4, 0.5) is 17.6 Å². The van der Waals surface area contributed by atoms with Crippen molar-refractivity contribution in [2.45, 2.75) is 26.4 Å². The van der Waals surface area contributed by atoms with E-state index >= 15 is 0 Å². The third-order valence-electron chi connectivity index (χ3n) is 5.20. The average Bonchev–Trinajstić information content (AvgIpc) is 3.04. The molecule has 1 N–H and O–H groups in total. The van der Waals surface area contributed by atoms with Crippen LogP contribution in [0.2, 0.25) is 0 Å². The molecule has 2 aromatic heterocycles. The summed E-state index contributed by atoms with van der Waals surface area (Å²) in [5, 5.41) is 10.7. The van der Waals surface area contributed by atoms with Crippen LogP contribution in [-0.2, 0) is 13.2 Å². The minimum absolute atomic E-state index is 0.202. The Bertz CT molecular complexity index is 1280. The summed E-state index contributed by atoms with van der Waals surface area (Å²) in [6.07, 6.45) is -3.34. The smallest absolute Gasteiger partial charge is 0.481 e. The number of halogens is 4. The number of aromatic nitrogens is 2. The van der Waals surface area contributed by atoms with Gasteiger partial charge in [0.05, 0.1) is 19.4 Å². The van der Waals surface area contributed by atoms with E-state index in [1.54, 1.807) is 23.6 Å². The van der Waals surface area contributed by atoms with Gasteiger partial charge in [-0.25, -0.2) is 9.37 Å². The number of aliphatic hydroxyl groups excluding tert-OH is 1. The van der Waals surface area contributed by atoms with Crippen LogP contribution in [0.5, 0.6) is 11.6 Å². The first-order valence-corrected chi connectivity index (χ1v) is 9.96. The zero-order chi connectivity index (χ0) is 23.8. The second kappa shape index (κ2) is 8.74. The number of pyridine rings is 1. The molecular formula is C24H20F4N2O3. The minimum atomic E-state index is -4.85. The predicted octanol–water partition coefficient (Wildman–Crippen LogP) is 5.60. The number of fused-ring (bicyclic) bond motifs is 1. The Labute approximate surface area is 186 Å². The van der Waals surface area contributed by atoms with Gasteiger partial charge in [0.2, 0.25) is 5.88 Å². The number of ether oxygens (including phenoxy) is 2. The molecule has 172 valence electrons. The summed E-state index contributed by atoms with van der Waals surface area (Å²) in [7, 11) is 1.47. The normalized spacial score (nSPS) is 11.7. The van der Waals surface area contributed by atoms with Crippen molar-refractivity contribution < 1.29 is 32.1 Å². The molecule has 4 rings (SSSR count). The van der Waals surface area contributed by atoms with Crippen molar-refractivity contribution in [3.8, 4) is 22.8 Å². The quantitative estimate of drug-likeness (QED) is 0.381. The van der Waals surface area contributed by atoms with Crippen LogP contribution in [0.15, 0.2) is 54.7 Å². The molecule has 0 amide bonds. The second-order valence-corrected chi connectivity index (χ2v) is 7.52. The van der Waals surface area contributed by atoms with E-state index in [1.165, 1.54) is 43.6 Å². The SMILES string of the molecule is COc1ccc(-c2c(CO)n(Cc3cc(C)cc(F)c3)c3ccc(OC(F)(F)F)cc23)cn1. The molecule has 0 saturated heterocycles. The first kappa shape index (κ1) is 22.6. The lowest BCUT2D eigenvalue weighted by atomic mass is 10.0. The van der Waals surface area contributed by atoms with Crippen LogP contribution in [0, 0.1) is 12.7 Å². The van der Waals surface area contributed by atoms with Gasteiger partial charge < -0.3 is 19.1 Å². The van der Waals surface area contributed by atoms with E-state index in [4.69, 9.17) is 4.74 Å². The number of rotatable bonds is 6. The number of methoxy groups -OCH3 is 1. The molecule has 4 aromatic rings. The van der Waals surface area contributed by atoms with Gasteiger partial charge in [-0.05, 0) is 54.4 Å². The van der Waals surface area contributed by atoms with Gasteiger partial charge in [0.15, 0.2) is 0 Å². The summed E-state index contributed by atoms with van der Waals surface area (Å²) in [6.45, 7) is 1.57. The first-order valence-electron chi connectivity index (χ1n) is 9.96. The largest absolute Gasteiger partial charge is 0.573 e. The zero-order valence-corrected chi connectivity index (χ0v) is 17.8. The summed E-state index contributed by atoms with van der Waals surface area (Å²) in [5.74, 6) is -0.419. The van der Waals surface area contributed by atoms with Crippen molar-refractivity contribution in [2.75, 3.05) is 7.11 Å². The molecule has 0 radical (unpaired) electrons. The lowest BCUT2D eigenvalue weighted by Gasteiger charge is -2.12. The maximum Gasteiger partial charge on any atom is 0.573 e. The first-order chi connectivity index (χ1) is 15.7. The van der Waals surface area contributed by atoms with E-state index in [0.717, 1.165) is 5.56 Å². The van der Waals surface area contributed by atoms with Crippen LogP contribution >= 0.6 is 0 Å². The monoisotopic (exact) mass is 460 g/mol. The summed E-state index contributed by atoms with van der Waals surface area (Å²) in [4.78, 5) is 4.18. The number of hydrogen-bond donors (Lipinski definition) is 1. The Morgan fingerprint density at radius 3 is 2.45 bits per heavy atom. The third kappa shape index (κ3) is 4.78. The molecule has 0 spiro atoms. The Balaban J connectivity index is 1.94. The average molecular weight is 460 g/mol. The maximum absolute atomic E-state index is 14.0. The number of aliphatic hydroxyl groups is 1. The molecule has 0 unspecified atom stereocenters. The van der Waals surface area contributed by atoms with Gasteiger partial charge in [0.1, 0.15) is 11.6 Å². The van der Waals surface area contributed by atoms with Crippen molar-refractivity contribution in [1.82, 2.24) is 9.55 Å². The standard InChI is InChI=1S/C24H20F4N2O3/c1-14-7-15(9-17(25)8-14)12-30-20-5-4-18(33-24(26,27)28)10-19(20)23(21(30)13-31)16-3-6-22(32-2)29-11-16/h3-11,31H,12-13H2,1-2H3. The van der Waals surface area contributed by atoms with Crippen molar-refractivity contribution in [3.05, 3.63) is 77.4 Å². The van der Waals surface area contributed by atoms with Crippen LogP contribution in [0.3, 0.4) is 0 Å². The molecule has 0 atom stereocenters. The summed E-state index contributed by atoms with van der Waals surface area (Å²) < 4.78 is 63.4. The highest BCUT2D eigenvalue weighted by molar-refractivity contribution is 5.99. The molecule has 5 nitrogen and oxygen atoms in total. The third-order valence-corrected chi connectivity index (χ3v) is 5.20. The molecule has 0 fully saturated rings. The summed E-state index contributed by atoms with van der Waals surface area (Å²) >= 11 is 0. The van der Waals surface area contributed by atoms with Gasteiger partial charge in [0.25, 0.3) is 0 Å². The fraction of sp³-hybridized carbons (Fsp3) is 0.208. The molecule has 0 saturated carbocycles. The van der Waals surface area contributed by atoms with E-state index in [-0.39, 0.29) is 12.3 Å². The van der Waals surface area contributed by atoms with Gasteiger partial charge >= 0.3 is 6.36 Å². The lowest BCUT2D eigenvalue weighted by Crippen LogP contribution is -2.17. The highest BCUT2D eigenvalue weighted by Gasteiger charge is 2.31. The van der Waals surface area contributed by atoms with Gasteiger partial charge in [-0.2, -0.15) is 0 Å². The molecular weight excluding hydrogens is 440 g/mol. The molecule has 0 aliphatic rings. The fourth-order valence-electron chi connectivity index (χ4n) is 3.99. The second-order valence-electron chi connectivity index (χ2n) is 7.52. The molecule has 0 bridgehead atoms. The molecule has 33 heavy (non-hydrogen) atoms. The summed E-state index contributed by atoms with van der Waals surface area (Å²) in [5.41, 5.74) is 3.46. The van der Waals surface area contributed by atoms with Crippen molar-refractivity contribution in [1.29, 1.82) is 0 Å². The number of hydrogen-bond acceptors (Lipinski definition) is 4. The van der Waals surface area contributed by atoms with Crippen molar-refractivity contribution in [3.63, 3.8) is 0 Å². The van der Waals surface area contributed by atoms with Gasteiger partial charge in [-0.15, -0.1) is 13.2 Å². The van der Waals surface area contributed by atoms with Crippen LogP contribution in [-0.4, -0.2) is 28.1 Å². The number of alkyl halides is 3. The van der Waals surface area contributed by atoms with Gasteiger partial charge in [-0.3, -0.25) is 0 Å². The van der Waals surface area contributed by atoms with E-state index in [0.29, 0.717) is 39.2 Å². The van der Waals surface area contributed by atoms with Crippen LogP contribution in [0.1, 0.15) is 16.8 Å². The Morgan fingerprint density at radius 1 is 1.06 bits per heavy atom. The van der Waals surface area contributed by atoms with E-state index in [9.17, 15) is 22.7 Å².